The molecule has 0 aliphatic carbocycles. The van der Waals surface area contributed by atoms with Crippen molar-refractivity contribution in [1.29, 1.82) is 0 Å². The van der Waals surface area contributed by atoms with E-state index >= 15 is 0 Å². The van der Waals surface area contributed by atoms with E-state index in [0.717, 1.165) is 15.3 Å². The minimum Gasteiger partial charge on any atom is -0.445 e. The lowest BCUT2D eigenvalue weighted by atomic mass is 9.97. The van der Waals surface area contributed by atoms with Gasteiger partial charge in [-0.05, 0) is 40.6 Å². The average molecular weight is 422 g/mol. The predicted molar refractivity (Wildman–Crippen MR) is 118 cm³/mol. The summed E-state index contributed by atoms with van der Waals surface area (Å²) in [7, 11) is 0. The van der Waals surface area contributed by atoms with Crippen LogP contribution >= 0.6 is 22.7 Å². The van der Waals surface area contributed by atoms with Crippen molar-refractivity contribution in [3.05, 3.63) is 91.8 Å². The minimum atomic E-state index is -0.421. The number of nitrogens with zero attached hydrogens (tertiary/aromatic N) is 1. The molecule has 0 bridgehead atoms. The molecule has 0 N–H and O–H groups in total. The number of likely N-dealkylation sites (tertiary alicyclic amines) is 1. The van der Waals surface area contributed by atoms with Gasteiger partial charge in [-0.25, -0.2) is 4.79 Å². The summed E-state index contributed by atoms with van der Waals surface area (Å²) in [6.07, 6.45) is 3.31. The van der Waals surface area contributed by atoms with E-state index in [1.165, 1.54) is 0 Å². The molecule has 6 heteroatoms. The number of ether oxygens (including phenoxy) is 1. The van der Waals surface area contributed by atoms with Crippen LogP contribution in [0.3, 0.4) is 0 Å². The van der Waals surface area contributed by atoms with E-state index < -0.39 is 6.09 Å². The Hall–Kier alpha value is -2.96. The van der Waals surface area contributed by atoms with Crippen molar-refractivity contribution in [2.24, 2.45) is 0 Å². The number of thiophene rings is 2. The Bertz CT molecular complexity index is 979. The monoisotopic (exact) mass is 421 g/mol. The van der Waals surface area contributed by atoms with Gasteiger partial charge in [-0.3, -0.25) is 9.69 Å². The largest absolute Gasteiger partial charge is 0.445 e. The van der Waals surface area contributed by atoms with Crippen molar-refractivity contribution in [2.45, 2.75) is 6.61 Å². The van der Waals surface area contributed by atoms with Crippen LogP contribution in [0, 0.1) is 0 Å². The standard InChI is InChI=1S/C23H19NO3S2/c25-22-18(12-20-8-4-10-28-20)14-24(15-19(22)13-21-9-5-11-29-21)23(26)27-16-17-6-2-1-3-7-17/h1-13H,14-16H2/b18-12-,19-13+. The van der Waals surface area contributed by atoms with E-state index in [1.807, 2.05) is 77.5 Å². The quantitative estimate of drug-likeness (QED) is 0.523. The summed E-state index contributed by atoms with van der Waals surface area (Å²) in [4.78, 5) is 29.3. The smallest absolute Gasteiger partial charge is 0.410 e. The molecule has 0 spiro atoms. The molecule has 1 aliphatic rings. The van der Waals surface area contributed by atoms with Gasteiger partial charge in [-0.15, -0.1) is 22.7 Å². The van der Waals surface area contributed by atoms with Crippen molar-refractivity contribution in [1.82, 2.24) is 4.90 Å². The second-order valence-corrected chi connectivity index (χ2v) is 8.55. The number of amides is 1. The van der Waals surface area contributed by atoms with E-state index in [9.17, 15) is 9.59 Å². The van der Waals surface area contributed by atoms with Crippen LogP contribution in [-0.4, -0.2) is 29.9 Å². The highest BCUT2D eigenvalue weighted by Gasteiger charge is 2.30. The first-order valence-corrected chi connectivity index (χ1v) is 10.9. The lowest BCUT2D eigenvalue weighted by molar-refractivity contribution is -0.113. The van der Waals surface area contributed by atoms with Gasteiger partial charge in [0.15, 0.2) is 5.78 Å². The fourth-order valence-corrected chi connectivity index (χ4v) is 4.43. The molecule has 0 atom stereocenters. The van der Waals surface area contributed by atoms with Crippen molar-refractivity contribution >= 4 is 46.7 Å². The Morgan fingerprint density at radius 1 is 0.897 bits per heavy atom. The van der Waals surface area contributed by atoms with Crippen LogP contribution in [0.25, 0.3) is 12.2 Å². The second-order valence-electron chi connectivity index (χ2n) is 6.60. The number of carbonyl (C=O) groups excluding carboxylic acids is 2. The molecule has 3 heterocycles. The number of hydrogen-bond donors (Lipinski definition) is 0. The number of carbonyl (C=O) groups is 2. The van der Waals surface area contributed by atoms with Crippen LogP contribution in [0.2, 0.25) is 0 Å². The highest BCUT2D eigenvalue weighted by molar-refractivity contribution is 7.11. The Morgan fingerprint density at radius 3 is 2.00 bits per heavy atom. The molecule has 4 rings (SSSR count). The van der Waals surface area contributed by atoms with Gasteiger partial charge >= 0.3 is 6.09 Å². The molecule has 4 nitrogen and oxygen atoms in total. The summed E-state index contributed by atoms with van der Waals surface area (Å²) in [5.74, 6) is -0.0149. The van der Waals surface area contributed by atoms with Crippen molar-refractivity contribution in [3.8, 4) is 0 Å². The van der Waals surface area contributed by atoms with Gasteiger partial charge in [0.2, 0.25) is 0 Å². The van der Waals surface area contributed by atoms with Crippen LogP contribution in [0.5, 0.6) is 0 Å². The van der Waals surface area contributed by atoms with Crippen molar-refractivity contribution < 1.29 is 14.3 Å². The summed E-state index contributed by atoms with van der Waals surface area (Å²) >= 11 is 3.12. The van der Waals surface area contributed by atoms with Gasteiger partial charge in [0.25, 0.3) is 0 Å². The molecule has 0 saturated carbocycles. The lowest BCUT2D eigenvalue weighted by Gasteiger charge is -2.29. The zero-order valence-corrected chi connectivity index (χ0v) is 17.2. The molecule has 1 fully saturated rings. The number of ketones is 1. The normalized spacial score (nSPS) is 17.1. The summed E-state index contributed by atoms with van der Waals surface area (Å²) in [6, 6.07) is 17.4. The maximum atomic E-state index is 13.0. The Morgan fingerprint density at radius 2 is 1.48 bits per heavy atom. The van der Waals surface area contributed by atoms with Crippen LogP contribution in [-0.2, 0) is 16.1 Å². The molecule has 1 amide bonds. The molecule has 1 aliphatic heterocycles. The Labute approximate surface area is 177 Å². The van der Waals surface area contributed by atoms with Crippen LogP contribution in [0.15, 0.2) is 76.5 Å². The van der Waals surface area contributed by atoms with E-state index in [-0.39, 0.29) is 25.5 Å². The lowest BCUT2D eigenvalue weighted by Crippen LogP contribution is -2.41. The summed E-state index contributed by atoms with van der Waals surface area (Å²) in [6.45, 7) is 0.691. The topological polar surface area (TPSA) is 46.6 Å². The summed E-state index contributed by atoms with van der Waals surface area (Å²) in [5, 5.41) is 3.93. The molecule has 2 aromatic heterocycles. The van der Waals surface area contributed by atoms with Gasteiger partial charge < -0.3 is 4.74 Å². The number of hydrogen-bond acceptors (Lipinski definition) is 5. The van der Waals surface area contributed by atoms with Crippen LogP contribution in [0.4, 0.5) is 4.79 Å². The zero-order valence-electron chi connectivity index (χ0n) is 15.6. The molecule has 0 radical (unpaired) electrons. The maximum Gasteiger partial charge on any atom is 0.410 e. The van der Waals surface area contributed by atoms with E-state index in [0.29, 0.717) is 11.1 Å². The number of Topliss-reactive ketones (excluding diaryl/α,β-unsaturated/α-hetero) is 1. The molecule has 146 valence electrons. The molecule has 29 heavy (non-hydrogen) atoms. The van der Waals surface area contributed by atoms with Gasteiger partial charge in [0.1, 0.15) is 6.61 Å². The van der Waals surface area contributed by atoms with Gasteiger partial charge in [0.05, 0.1) is 13.1 Å². The van der Waals surface area contributed by atoms with E-state index in [2.05, 4.69) is 0 Å². The summed E-state index contributed by atoms with van der Waals surface area (Å²) < 4.78 is 5.50. The Balaban J connectivity index is 1.56. The highest BCUT2D eigenvalue weighted by atomic mass is 32.1. The van der Waals surface area contributed by atoms with Gasteiger partial charge in [0, 0.05) is 20.9 Å². The Kier molecular flexibility index (Phi) is 6.03. The molecule has 1 aromatic carbocycles. The van der Waals surface area contributed by atoms with Crippen LogP contribution in [0.1, 0.15) is 15.3 Å². The average Bonchev–Trinajstić information content (AvgIpc) is 3.44. The second kappa shape index (κ2) is 9.03. The minimum absolute atomic E-state index is 0.0149. The first kappa shape index (κ1) is 19.4. The van der Waals surface area contributed by atoms with Crippen molar-refractivity contribution in [2.75, 3.05) is 13.1 Å². The molecular formula is C23H19NO3S2. The molecule has 0 unspecified atom stereocenters. The molecule has 1 saturated heterocycles. The van der Waals surface area contributed by atoms with Crippen molar-refractivity contribution in [3.63, 3.8) is 0 Å². The van der Waals surface area contributed by atoms with Crippen LogP contribution < -0.4 is 0 Å². The number of benzene rings is 1. The number of rotatable bonds is 4. The third-order valence-electron chi connectivity index (χ3n) is 4.49. The SMILES string of the molecule is O=C1/C(=C\c2cccs2)CN(C(=O)OCc2ccccc2)C/C1=C\c1cccs1. The first-order chi connectivity index (χ1) is 14.2. The van der Waals surface area contributed by atoms with E-state index in [1.54, 1.807) is 27.6 Å². The first-order valence-electron chi connectivity index (χ1n) is 9.17. The molecule has 3 aromatic rings. The maximum absolute atomic E-state index is 13.0. The predicted octanol–water partition coefficient (Wildman–Crippen LogP) is 5.50. The van der Waals surface area contributed by atoms with Gasteiger partial charge in [-0.2, -0.15) is 0 Å². The van der Waals surface area contributed by atoms with E-state index in [4.69, 9.17) is 4.74 Å². The molecular weight excluding hydrogens is 402 g/mol. The third-order valence-corrected chi connectivity index (χ3v) is 6.13. The number of piperidine rings is 1. The third kappa shape index (κ3) is 4.91. The summed E-state index contributed by atoms with van der Waals surface area (Å²) in [5.41, 5.74) is 2.12. The van der Waals surface area contributed by atoms with Gasteiger partial charge in [-0.1, -0.05) is 42.5 Å². The highest BCUT2D eigenvalue weighted by Crippen LogP contribution is 2.25. The zero-order chi connectivity index (χ0) is 20.1. The fourth-order valence-electron chi connectivity index (χ4n) is 3.07. The fraction of sp³-hybridized carbons (Fsp3) is 0.130.